The molecular formula is C24H23N3O2. The van der Waals surface area contributed by atoms with Crippen LogP contribution in [0, 0.1) is 5.92 Å². The van der Waals surface area contributed by atoms with Gasteiger partial charge in [-0.25, -0.2) is 9.97 Å². The minimum Gasteiger partial charge on any atom is -0.488 e. The van der Waals surface area contributed by atoms with Gasteiger partial charge in [0.05, 0.1) is 6.54 Å². The standard InChI is InChI=1S/C24H23N3O2/c28-24(16-5-2-1-3-6-16)27-15-19-14-21-20-9-7-18(23-25-11-4-12-26-23)13-17(20)8-10-22(21)29-19/h1-2,4,7-13,16,19H,3,5-6,14-15H2,(H,27,28). The van der Waals surface area contributed by atoms with Crippen molar-refractivity contribution in [2.75, 3.05) is 6.54 Å². The Kier molecular flexibility index (Phi) is 4.72. The molecular weight excluding hydrogens is 362 g/mol. The number of ether oxygens (including phenoxy) is 1. The number of allylic oxidation sites excluding steroid dienone is 2. The van der Waals surface area contributed by atoms with Gasteiger partial charge in [-0.3, -0.25) is 4.79 Å². The largest absolute Gasteiger partial charge is 0.488 e. The molecule has 29 heavy (non-hydrogen) atoms. The van der Waals surface area contributed by atoms with E-state index in [9.17, 15) is 4.79 Å². The van der Waals surface area contributed by atoms with Crippen LogP contribution in [0.5, 0.6) is 5.75 Å². The highest BCUT2D eigenvalue weighted by molar-refractivity contribution is 5.91. The summed E-state index contributed by atoms with van der Waals surface area (Å²) in [5.74, 6) is 1.89. The quantitative estimate of drug-likeness (QED) is 0.688. The van der Waals surface area contributed by atoms with Crippen molar-refractivity contribution in [1.29, 1.82) is 0 Å². The highest BCUT2D eigenvalue weighted by Gasteiger charge is 2.26. The molecule has 5 rings (SSSR count). The topological polar surface area (TPSA) is 64.1 Å². The minimum atomic E-state index is -0.0178. The van der Waals surface area contributed by atoms with Crippen molar-refractivity contribution in [3.05, 3.63) is 66.5 Å². The second-order valence-corrected chi connectivity index (χ2v) is 7.72. The van der Waals surface area contributed by atoms with Gasteiger partial charge in [-0.2, -0.15) is 0 Å². The summed E-state index contributed by atoms with van der Waals surface area (Å²) in [5.41, 5.74) is 2.21. The molecule has 2 unspecified atom stereocenters. The number of hydrogen-bond donors (Lipinski definition) is 1. The fourth-order valence-electron chi connectivity index (χ4n) is 4.24. The van der Waals surface area contributed by atoms with E-state index in [2.05, 4.69) is 51.7 Å². The number of nitrogens with zero attached hydrogens (tertiary/aromatic N) is 2. The number of carbonyl (C=O) groups excluding carboxylic acids is 1. The third-order valence-corrected chi connectivity index (χ3v) is 5.78. The Hall–Kier alpha value is -3.21. The van der Waals surface area contributed by atoms with Crippen LogP contribution in [0.2, 0.25) is 0 Å². The molecule has 0 fully saturated rings. The molecule has 3 aromatic rings. The van der Waals surface area contributed by atoms with Crippen LogP contribution in [0.4, 0.5) is 0 Å². The summed E-state index contributed by atoms with van der Waals surface area (Å²) in [6.45, 7) is 0.547. The highest BCUT2D eigenvalue weighted by Crippen LogP contribution is 2.36. The third kappa shape index (κ3) is 3.60. The summed E-state index contributed by atoms with van der Waals surface area (Å²) in [6.07, 6.45) is 11.3. The van der Waals surface area contributed by atoms with E-state index in [1.54, 1.807) is 12.4 Å². The van der Waals surface area contributed by atoms with Crippen molar-refractivity contribution in [3.63, 3.8) is 0 Å². The van der Waals surface area contributed by atoms with Crippen LogP contribution in [0.25, 0.3) is 22.2 Å². The van der Waals surface area contributed by atoms with Crippen molar-refractivity contribution >= 4 is 16.7 Å². The van der Waals surface area contributed by atoms with Crippen molar-refractivity contribution in [2.45, 2.75) is 31.8 Å². The molecule has 1 amide bonds. The van der Waals surface area contributed by atoms with Crippen molar-refractivity contribution in [3.8, 4) is 17.1 Å². The van der Waals surface area contributed by atoms with Gasteiger partial charge in [0.25, 0.3) is 0 Å². The molecule has 2 aromatic carbocycles. The van der Waals surface area contributed by atoms with E-state index >= 15 is 0 Å². The fraction of sp³-hybridized carbons (Fsp3) is 0.292. The number of carbonyl (C=O) groups is 1. The van der Waals surface area contributed by atoms with Crippen molar-refractivity contribution in [2.24, 2.45) is 5.92 Å². The third-order valence-electron chi connectivity index (χ3n) is 5.78. The van der Waals surface area contributed by atoms with Gasteiger partial charge in [-0.15, -0.1) is 0 Å². The summed E-state index contributed by atoms with van der Waals surface area (Å²) < 4.78 is 6.11. The first-order chi connectivity index (χ1) is 14.3. The molecule has 1 aliphatic carbocycles. The molecule has 2 aliphatic rings. The molecule has 1 N–H and O–H groups in total. The van der Waals surface area contributed by atoms with Crippen molar-refractivity contribution in [1.82, 2.24) is 15.3 Å². The Bertz CT molecular complexity index is 1080. The maximum Gasteiger partial charge on any atom is 0.223 e. The van der Waals surface area contributed by atoms with E-state index in [1.807, 2.05) is 12.1 Å². The fourth-order valence-corrected chi connectivity index (χ4v) is 4.24. The maximum atomic E-state index is 12.4. The Balaban J connectivity index is 1.30. The van der Waals surface area contributed by atoms with E-state index in [1.165, 1.54) is 10.9 Å². The van der Waals surface area contributed by atoms with Gasteiger partial charge in [0.1, 0.15) is 11.9 Å². The van der Waals surface area contributed by atoms with E-state index < -0.39 is 0 Å². The lowest BCUT2D eigenvalue weighted by Crippen LogP contribution is -2.38. The Morgan fingerprint density at radius 2 is 2.03 bits per heavy atom. The number of amides is 1. The molecule has 2 heterocycles. The van der Waals surface area contributed by atoms with Crippen LogP contribution in [-0.4, -0.2) is 28.5 Å². The molecule has 0 saturated heterocycles. The van der Waals surface area contributed by atoms with Gasteiger partial charge in [0.2, 0.25) is 5.91 Å². The first-order valence-electron chi connectivity index (χ1n) is 10.2. The van der Waals surface area contributed by atoms with Gasteiger partial charge < -0.3 is 10.1 Å². The number of rotatable bonds is 4. The zero-order chi connectivity index (χ0) is 19.6. The number of fused-ring (bicyclic) bond motifs is 3. The van der Waals surface area contributed by atoms with Crippen molar-refractivity contribution < 1.29 is 9.53 Å². The second-order valence-electron chi connectivity index (χ2n) is 7.72. The lowest BCUT2D eigenvalue weighted by Gasteiger charge is -2.19. The van der Waals surface area contributed by atoms with Crippen LogP contribution in [0.15, 0.2) is 60.9 Å². The Morgan fingerprint density at radius 3 is 2.86 bits per heavy atom. The number of aromatic nitrogens is 2. The lowest BCUT2D eigenvalue weighted by atomic mass is 9.93. The van der Waals surface area contributed by atoms with E-state index in [4.69, 9.17) is 4.74 Å². The summed E-state index contributed by atoms with van der Waals surface area (Å²) in [5, 5.41) is 5.43. The van der Waals surface area contributed by atoms with Crippen LogP contribution < -0.4 is 10.1 Å². The van der Waals surface area contributed by atoms with Crippen LogP contribution in [0.3, 0.4) is 0 Å². The van der Waals surface area contributed by atoms with Gasteiger partial charge in [0.15, 0.2) is 5.82 Å². The molecule has 0 bridgehead atoms. The molecule has 0 radical (unpaired) electrons. The van der Waals surface area contributed by atoms with Crippen LogP contribution in [0.1, 0.15) is 24.8 Å². The Morgan fingerprint density at radius 1 is 1.14 bits per heavy atom. The zero-order valence-electron chi connectivity index (χ0n) is 16.2. The second kappa shape index (κ2) is 7.66. The summed E-state index contributed by atoms with van der Waals surface area (Å²) in [7, 11) is 0. The number of benzene rings is 2. The average Bonchev–Trinajstić information content (AvgIpc) is 3.22. The van der Waals surface area contributed by atoms with Crippen LogP contribution in [-0.2, 0) is 11.2 Å². The summed E-state index contributed by atoms with van der Waals surface area (Å²) >= 11 is 0. The smallest absolute Gasteiger partial charge is 0.223 e. The molecule has 1 aliphatic heterocycles. The first kappa shape index (κ1) is 17.9. The van der Waals surface area contributed by atoms with E-state index in [0.29, 0.717) is 6.54 Å². The lowest BCUT2D eigenvalue weighted by molar-refractivity contribution is -0.125. The average molecular weight is 385 g/mol. The van der Waals surface area contributed by atoms with E-state index in [0.717, 1.165) is 48.2 Å². The molecule has 5 nitrogen and oxygen atoms in total. The number of nitrogens with one attached hydrogen (secondary N) is 1. The molecule has 2 atom stereocenters. The highest BCUT2D eigenvalue weighted by atomic mass is 16.5. The summed E-state index contributed by atoms with van der Waals surface area (Å²) in [6, 6.07) is 12.2. The van der Waals surface area contributed by atoms with Gasteiger partial charge in [-0.1, -0.05) is 30.4 Å². The minimum absolute atomic E-state index is 0.0178. The zero-order valence-corrected chi connectivity index (χ0v) is 16.2. The monoisotopic (exact) mass is 385 g/mol. The number of hydrogen-bond acceptors (Lipinski definition) is 4. The molecule has 1 aromatic heterocycles. The molecule has 146 valence electrons. The van der Waals surface area contributed by atoms with Gasteiger partial charge in [-0.05, 0) is 48.2 Å². The maximum absolute atomic E-state index is 12.4. The molecule has 0 spiro atoms. The first-order valence-corrected chi connectivity index (χ1v) is 10.2. The van der Waals surface area contributed by atoms with E-state index in [-0.39, 0.29) is 17.9 Å². The SMILES string of the molecule is O=C(NCC1Cc2c(ccc3cc(-c4ncccn4)ccc23)O1)C1CC=CCC1. The molecule has 5 heteroatoms. The van der Waals surface area contributed by atoms with Gasteiger partial charge >= 0.3 is 0 Å². The normalized spacial score (nSPS) is 20.3. The van der Waals surface area contributed by atoms with Crippen LogP contribution >= 0.6 is 0 Å². The summed E-state index contributed by atoms with van der Waals surface area (Å²) in [4.78, 5) is 21.1. The Labute approximate surface area is 169 Å². The predicted octanol–water partition coefficient (Wildman–Crippen LogP) is 4.07. The van der Waals surface area contributed by atoms with Gasteiger partial charge in [0, 0.05) is 35.9 Å². The predicted molar refractivity (Wildman–Crippen MR) is 113 cm³/mol. The molecule has 0 saturated carbocycles.